The molecule has 0 saturated heterocycles. The molecule has 0 bridgehead atoms. The Kier molecular flexibility index (Phi) is 7.15. The molecule has 1 saturated carbocycles. The number of fused-ring (bicyclic) bond motifs is 13. The molecule has 1 aromatic heterocycles. The molecule has 9 aromatic rings. The zero-order valence-electron chi connectivity index (χ0n) is 32.5. The lowest BCUT2D eigenvalue weighted by Gasteiger charge is -2.36. The van der Waals surface area contributed by atoms with Crippen molar-refractivity contribution in [1.82, 2.24) is 0 Å². The molecule has 0 radical (unpaired) electrons. The van der Waals surface area contributed by atoms with E-state index in [9.17, 15) is 0 Å². The van der Waals surface area contributed by atoms with Gasteiger partial charge in [0.15, 0.2) is 0 Å². The number of benzene rings is 8. The van der Waals surface area contributed by atoms with Gasteiger partial charge in [0.2, 0.25) is 0 Å². The van der Waals surface area contributed by atoms with Crippen LogP contribution in [0.3, 0.4) is 0 Å². The Morgan fingerprint density at radius 3 is 2.05 bits per heavy atom. The van der Waals surface area contributed by atoms with Gasteiger partial charge in [-0.2, -0.15) is 0 Å². The molecule has 3 aliphatic rings. The van der Waals surface area contributed by atoms with Crippen molar-refractivity contribution in [3.63, 3.8) is 0 Å². The van der Waals surface area contributed by atoms with Crippen LogP contribution in [0.5, 0.6) is 0 Å². The third-order valence-electron chi connectivity index (χ3n) is 13.8. The predicted octanol–water partition coefficient (Wildman–Crippen LogP) is 15.9. The molecule has 3 aliphatic carbocycles. The van der Waals surface area contributed by atoms with Gasteiger partial charge < -0.3 is 4.90 Å². The van der Waals surface area contributed by atoms with Crippen LogP contribution in [-0.2, 0) is 10.8 Å². The summed E-state index contributed by atoms with van der Waals surface area (Å²) in [7, 11) is 0. The van der Waals surface area contributed by atoms with Crippen LogP contribution in [0, 0.1) is 0 Å². The highest BCUT2D eigenvalue weighted by molar-refractivity contribution is 7.26. The van der Waals surface area contributed by atoms with Crippen molar-refractivity contribution in [2.24, 2.45) is 0 Å². The van der Waals surface area contributed by atoms with Crippen LogP contribution < -0.4 is 4.90 Å². The third-order valence-corrected chi connectivity index (χ3v) is 15.0. The fraction of sp³-hybridized carbons (Fsp3) is 0.164. The van der Waals surface area contributed by atoms with Gasteiger partial charge in [-0.05, 0) is 116 Å². The van der Waals surface area contributed by atoms with E-state index >= 15 is 0 Å². The van der Waals surface area contributed by atoms with E-state index in [1.807, 2.05) is 11.3 Å². The number of rotatable bonds is 4. The molecule has 0 N–H and O–H groups in total. The average molecular weight is 750 g/mol. The smallest absolute Gasteiger partial charge is 0.0554 e. The largest absolute Gasteiger partial charge is 0.310 e. The van der Waals surface area contributed by atoms with Crippen molar-refractivity contribution in [2.45, 2.75) is 56.8 Å². The Hall–Kier alpha value is -5.96. The van der Waals surface area contributed by atoms with E-state index in [0.29, 0.717) is 0 Å². The van der Waals surface area contributed by atoms with Gasteiger partial charge >= 0.3 is 0 Å². The maximum atomic E-state index is 2.58. The second-order valence-electron chi connectivity index (χ2n) is 17.1. The zero-order chi connectivity index (χ0) is 37.9. The molecular formula is C55H43NS. The first-order chi connectivity index (χ1) is 28.0. The summed E-state index contributed by atoms with van der Waals surface area (Å²) in [6.45, 7) is 4.79. The predicted molar refractivity (Wildman–Crippen MR) is 244 cm³/mol. The van der Waals surface area contributed by atoms with Gasteiger partial charge in [-0.3, -0.25) is 0 Å². The fourth-order valence-electron chi connectivity index (χ4n) is 11.3. The average Bonchev–Trinajstić information content (AvgIpc) is 3.86. The molecule has 274 valence electrons. The summed E-state index contributed by atoms with van der Waals surface area (Å²) in [6.07, 6.45) is 6.31. The highest BCUT2D eigenvalue weighted by Gasteiger charge is 2.44. The summed E-state index contributed by atoms with van der Waals surface area (Å²) in [5.41, 5.74) is 17.6. The fourth-order valence-corrected chi connectivity index (χ4v) is 12.6. The summed E-state index contributed by atoms with van der Waals surface area (Å²) >= 11 is 1.92. The Balaban J connectivity index is 1.11. The second kappa shape index (κ2) is 12.3. The van der Waals surface area contributed by atoms with E-state index in [-0.39, 0.29) is 10.8 Å². The van der Waals surface area contributed by atoms with Crippen molar-refractivity contribution in [3.05, 3.63) is 186 Å². The number of thiophene rings is 1. The van der Waals surface area contributed by atoms with Gasteiger partial charge in [0.1, 0.15) is 0 Å². The van der Waals surface area contributed by atoms with E-state index in [2.05, 4.69) is 183 Å². The lowest BCUT2D eigenvalue weighted by Crippen LogP contribution is -2.28. The van der Waals surface area contributed by atoms with Gasteiger partial charge in [0.25, 0.3) is 0 Å². The SMILES string of the molecule is CC1(C)c2ccccc2-c2cccc(-c3cccc(N(c4ccc5c(c4)C4(CCCCC4)c4ccccc4-5)c4cccc5sc6c7ccccc7ccc6c45)c3)c21. The molecular weight excluding hydrogens is 707 g/mol. The van der Waals surface area contributed by atoms with E-state index < -0.39 is 0 Å². The van der Waals surface area contributed by atoms with Crippen LogP contribution in [0.2, 0.25) is 0 Å². The van der Waals surface area contributed by atoms with E-state index in [0.717, 1.165) is 0 Å². The molecule has 2 heteroatoms. The molecule has 1 heterocycles. The quantitative estimate of drug-likeness (QED) is 0.173. The molecule has 8 aromatic carbocycles. The Labute approximate surface area is 338 Å². The molecule has 1 nitrogen and oxygen atoms in total. The number of nitrogens with zero attached hydrogens (tertiary/aromatic N) is 1. The highest BCUT2D eigenvalue weighted by Crippen LogP contribution is 2.58. The van der Waals surface area contributed by atoms with E-state index in [1.165, 1.54) is 136 Å². The third kappa shape index (κ3) is 4.68. The van der Waals surface area contributed by atoms with Crippen molar-refractivity contribution in [3.8, 4) is 33.4 Å². The number of anilines is 3. The van der Waals surface area contributed by atoms with Gasteiger partial charge in [0, 0.05) is 42.4 Å². The lowest BCUT2D eigenvalue weighted by molar-refractivity contribution is 0.353. The molecule has 1 fully saturated rings. The number of hydrogen-bond acceptors (Lipinski definition) is 2. The van der Waals surface area contributed by atoms with Gasteiger partial charge in [-0.15, -0.1) is 11.3 Å². The molecule has 0 aliphatic heterocycles. The van der Waals surface area contributed by atoms with Gasteiger partial charge in [-0.1, -0.05) is 161 Å². The minimum atomic E-state index is -0.106. The molecule has 12 rings (SSSR count). The summed E-state index contributed by atoms with van der Waals surface area (Å²) < 4.78 is 2.68. The van der Waals surface area contributed by atoms with E-state index in [4.69, 9.17) is 0 Å². The lowest BCUT2D eigenvalue weighted by atomic mass is 9.68. The standard InChI is InChI=1S/C55H43NS/c1-54(2)46-23-8-6-20-42(46)44-22-13-21-39(52(44)54)36-16-12-17-37(33-36)56(49-25-14-26-50-51(49)45-29-27-35-15-4-5-18-40(35)53(45)57-50)38-28-30-43-41-19-7-9-24-47(41)55(48(43)34-38)31-10-3-11-32-55/h4-9,12-30,33-34H,3,10-11,31-32H2,1-2H3. The number of hydrogen-bond donors (Lipinski definition) is 0. The van der Waals surface area contributed by atoms with E-state index in [1.54, 1.807) is 0 Å². The minimum absolute atomic E-state index is 0.0683. The Morgan fingerprint density at radius 2 is 1.18 bits per heavy atom. The first kappa shape index (κ1) is 33.2. The summed E-state index contributed by atoms with van der Waals surface area (Å²) in [4.78, 5) is 2.58. The topological polar surface area (TPSA) is 3.24 Å². The molecule has 0 atom stereocenters. The van der Waals surface area contributed by atoms with Crippen LogP contribution in [0.25, 0.3) is 64.3 Å². The Morgan fingerprint density at radius 1 is 0.491 bits per heavy atom. The molecule has 0 unspecified atom stereocenters. The first-order valence-corrected chi connectivity index (χ1v) is 21.5. The van der Waals surface area contributed by atoms with Gasteiger partial charge in [0.05, 0.1) is 5.69 Å². The maximum Gasteiger partial charge on any atom is 0.0554 e. The first-order valence-electron chi connectivity index (χ1n) is 20.7. The second-order valence-corrected chi connectivity index (χ2v) is 18.2. The summed E-state index contributed by atoms with van der Waals surface area (Å²) in [6, 6.07) is 62.4. The Bertz CT molecular complexity index is 3100. The summed E-state index contributed by atoms with van der Waals surface area (Å²) in [5.74, 6) is 0. The van der Waals surface area contributed by atoms with Crippen LogP contribution in [0.15, 0.2) is 164 Å². The van der Waals surface area contributed by atoms with Crippen LogP contribution in [0.4, 0.5) is 17.1 Å². The normalized spacial score (nSPS) is 15.8. The van der Waals surface area contributed by atoms with Crippen LogP contribution in [0.1, 0.15) is 68.2 Å². The summed E-state index contributed by atoms with van der Waals surface area (Å²) in [5, 5.41) is 5.26. The van der Waals surface area contributed by atoms with Crippen LogP contribution >= 0.6 is 11.3 Å². The van der Waals surface area contributed by atoms with Gasteiger partial charge in [-0.25, -0.2) is 0 Å². The van der Waals surface area contributed by atoms with Crippen molar-refractivity contribution in [1.29, 1.82) is 0 Å². The minimum Gasteiger partial charge on any atom is -0.310 e. The zero-order valence-corrected chi connectivity index (χ0v) is 33.3. The van der Waals surface area contributed by atoms with Crippen molar-refractivity contribution < 1.29 is 0 Å². The highest BCUT2D eigenvalue weighted by atomic mass is 32.1. The molecule has 57 heavy (non-hydrogen) atoms. The van der Waals surface area contributed by atoms with Crippen molar-refractivity contribution in [2.75, 3.05) is 4.90 Å². The molecule has 0 amide bonds. The maximum absolute atomic E-state index is 2.58. The van der Waals surface area contributed by atoms with Crippen molar-refractivity contribution >= 4 is 59.3 Å². The van der Waals surface area contributed by atoms with Crippen LogP contribution in [-0.4, -0.2) is 0 Å². The monoisotopic (exact) mass is 749 g/mol. The molecule has 1 spiro atoms.